The number of halogens is 4. The number of hydrazone groups is 1. The van der Waals surface area contributed by atoms with E-state index in [4.69, 9.17) is 10.00 Å². The van der Waals surface area contributed by atoms with Crippen LogP contribution < -0.4 is 9.75 Å². The summed E-state index contributed by atoms with van der Waals surface area (Å²) in [7, 11) is 0. The number of carboxylic acid groups (broad SMARTS) is 1. The lowest BCUT2D eigenvalue weighted by Crippen LogP contribution is -2.33. The minimum atomic E-state index is -4.75. The number of anilines is 1. The topological polar surface area (TPSA) is 85.9 Å². The molecule has 0 aliphatic carbocycles. The van der Waals surface area contributed by atoms with Gasteiger partial charge in [0.15, 0.2) is 0 Å². The maximum absolute atomic E-state index is 13.6. The lowest BCUT2D eigenvalue weighted by molar-refractivity contribution is -0.137. The molecular formula is C25H15F4N3O3. The normalized spacial score (nSPS) is 18.7. The van der Waals surface area contributed by atoms with Gasteiger partial charge >= 0.3 is 12.1 Å². The summed E-state index contributed by atoms with van der Waals surface area (Å²) in [4.78, 5) is 11.3. The van der Waals surface area contributed by atoms with Crippen LogP contribution in [0.5, 0.6) is 5.75 Å². The van der Waals surface area contributed by atoms with Gasteiger partial charge in [-0.15, -0.1) is 0 Å². The van der Waals surface area contributed by atoms with Crippen LogP contribution in [-0.2, 0) is 6.18 Å². The molecule has 0 spiro atoms. The quantitative estimate of drug-likeness (QED) is 0.507. The van der Waals surface area contributed by atoms with Crippen LogP contribution in [0.4, 0.5) is 23.2 Å². The third-order valence-electron chi connectivity index (χ3n) is 6.04. The summed E-state index contributed by atoms with van der Waals surface area (Å²) in [6.07, 6.45) is -4.75. The fraction of sp³-hybridized carbons (Fsp3) is 0.160. The number of nitriles is 1. The van der Waals surface area contributed by atoms with Gasteiger partial charge in [0.05, 0.1) is 52.7 Å². The molecular weight excluding hydrogens is 466 g/mol. The van der Waals surface area contributed by atoms with Gasteiger partial charge in [0.25, 0.3) is 0 Å². The fourth-order valence-electron chi connectivity index (χ4n) is 4.42. The maximum atomic E-state index is 13.6. The molecule has 0 radical (unpaired) electrons. The Bertz CT molecular complexity index is 1410. The predicted octanol–water partition coefficient (Wildman–Crippen LogP) is 5.39. The first-order chi connectivity index (χ1) is 16.7. The van der Waals surface area contributed by atoms with Gasteiger partial charge in [-0.1, -0.05) is 12.1 Å². The number of hydrogen-bond acceptors (Lipinski definition) is 5. The molecule has 2 heterocycles. The zero-order chi connectivity index (χ0) is 24.9. The molecule has 6 nitrogen and oxygen atoms in total. The summed E-state index contributed by atoms with van der Waals surface area (Å²) in [5, 5.41) is 24.5. The van der Waals surface area contributed by atoms with Crippen molar-refractivity contribution < 1.29 is 32.2 Å². The molecule has 10 heteroatoms. The molecule has 0 saturated carbocycles. The molecule has 1 N–H and O–H groups in total. The highest BCUT2D eigenvalue weighted by Gasteiger charge is 2.44. The van der Waals surface area contributed by atoms with Gasteiger partial charge in [0, 0.05) is 5.56 Å². The van der Waals surface area contributed by atoms with E-state index in [1.54, 1.807) is 12.1 Å². The van der Waals surface area contributed by atoms with Crippen molar-refractivity contribution >= 4 is 17.4 Å². The number of fused-ring (bicyclic) bond motifs is 3. The second kappa shape index (κ2) is 8.13. The smallest absolute Gasteiger partial charge is 0.417 e. The molecule has 35 heavy (non-hydrogen) atoms. The highest BCUT2D eigenvalue weighted by Crippen LogP contribution is 2.46. The molecule has 0 aromatic heterocycles. The van der Waals surface area contributed by atoms with E-state index in [0.717, 1.165) is 12.1 Å². The fourth-order valence-corrected chi connectivity index (χ4v) is 4.42. The Kier molecular flexibility index (Phi) is 5.20. The molecule has 2 atom stereocenters. The van der Waals surface area contributed by atoms with Gasteiger partial charge in [0.1, 0.15) is 11.6 Å². The van der Waals surface area contributed by atoms with E-state index in [2.05, 4.69) is 5.10 Å². The van der Waals surface area contributed by atoms with Crippen LogP contribution in [0.15, 0.2) is 65.8 Å². The van der Waals surface area contributed by atoms with Crippen molar-refractivity contribution in [3.8, 4) is 11.8 Å². The molecule has 2 aliphatic rings. The summed E-state index contributed by atoms with van der Waals surface area (Å²) < 4.78 is 60.4. The van der Waals surface area contributed by atoms with Crippen LogP contribution in [0.25, 0.3) is 0 Å². The van der Waals surface area contributed by atoms with Crippen LogP contribution in [0.2, 0.25) is 0 Å². The monoisotopic (exact) mass is 481 g/mol. The van der Waals surface area contributed by atoms with E-state index in [1.165, 1.54) is 47.5 Å². The summed E-state index contributed by atoms with van der Waals surface area (Å²) >= 11 is 0. The van der Waals surface area contributed by atoms with Crippen molar-refractivity contribution in [3.63, 3.8) is 0 Å². The number of carboxylic acids is 1. The number of benzene rings is 3. The number of aromatic carboxylic acids is 1. The third-order valence-corrected chi connectivity index (χ3v) is 6.04. The van der Waals surface area contributed by atoms with Crippen LogP contribution >= 0.6 is 0 Å². The third kappa shape index (κ3) is 3.85. The molecule has 3 aromatic rings. The Morgan fingerprint density at radius 3 is 2.51 bits per heavy atom. The summed E-state index contributed by atoms with van der Waals surface area (Å²) in [6.45, 7) is 0.0792. The van der Waals surface area contributed by atoms with Crippen LogP contribution in [0, 0.1) is 23.1 Å². The Morgan fingerprint density at radius 2 is 1.86 bits per heavy atom. The van der Waals surface area contributed by atoms with Gasteiger partial charge in [-0.3, -0.25) is 5.01 Å². The minimum Gasteiger partial charge on any atom is -0.492 e. The van der Waals surface area contributed by atoms with E-state index in [-0.39, 0.29) is 17.9 Å². The second-order valence-electron chi connectivity index (χ2n) is 8.10. The molecule has 5 rings (SSSR count). The Labute approximate surface area is 196 Å². The molecule has 0 amide bonds. The van der Waals surface area contributed by atoms with Crippen molar-refractivity contribution in [2.45, 2.75) is 12.2 Å². The Balaban J connectivity index is 1.67. The van der Waals surface area contributed by atoms with E-state index in [1.807, 2.05) is 0 Å². The van der Waals surface area contributed by atoms with Gasteiger partial charge in [-0.25, -0.2) is 9.18 Å². The molecule has 0 saturated heterocycles. The van der Waals surface area contributed by atoms with Crippen molar-refractivity contribution in [2.75, 3.05) is 11.6 Å². The highest BCUT2D eigenvalue weighted by molar-refractivity contribution is 6.08. The van der Waals surface area contributed by atoms with Crippen LogP contribution in [0.1, 0.15) is 38.7 Å². The standard InChI is InChI=1S/C25H15F4N3O3/c26-16-5-1-13(2-6-16)23-19-12-35-21-9-14(24(33)34)4-8-18(21)22(19)31-32(23)17-7-3-15(11-30)20(10-17)25(27,28)29/h1-10,19,23H,12H2,(H,33,34). The minimum absolute atomic E-state index is 0.0228. The van der Waals surface area contributed by atoms with E-state index >= 15 is 0 Å². The van der Waals surface area contributed by atoms with Gasteiger partial charge in [-0.05, 0) is 54.1 Å². The molecule has 3 aromatic carbocycles. The molecule has 0 bridgehead atoms. The molecule has 2 unspecified atom stereocenters. The lowest BCUT2D eigenvalue weighted by atomic mass is 9.85. The summed E-state index contributed by atoms with van der Waals surface area (Å²) in [6, 6.07) is 14.1. The van der Waals surface area contributed by atoms with E-state index < -0.39 is 41.0 Å². The Hall–Kier alpha value is -4.39. The number of nitrogens with zero attached hydrogens (tertiary/aromatic N) is 3. The van der Waals surface area contributed by atoms with Crippen LogP contribution in [0.3, 0.4) is 0 Å². The number of rotatable bonds is 3. The summed E-state index contributed by atoms with van der Waals surface area (Å²) in [5.41, 5.74) is 0.140. The first-order valence-electron chi connectivity index (χ1n) is 10.4. The zero-order valence-electron chi connectivity index (χ0n) is 17.8. The van der Waals surface area contributed by atoms with E-state index in [9.17, 15) is 27.5 Å². The van der Waals surface area contributed by atoms with Crippen molar-refractivity contribution in [3.05, 3.63) is 94.3 Å². The predicted molar refractivity (Wildman–Crippen MR) is 117 cm³/mol. The molecule has 2 aliphatic heterocycles. The SMILES string of the molecule is N#Cc1ccc(N2N=C3c4ccc(C(=O)O)cc4OCC3C2c2ccc(F)cc2)cc1C(F)(F)F. The van der Waals surface area contributed by atoms with Gasteiger partial charge < -0.3 is 9.84 Å². The summed E-state index contributed by atoms with van der Waals surface area (Å²) in [5.74, 6) is -1.73. The lowest BCUT2D eigenvalue weighted by Gasteiger charge is -2.31. The van der Waals surface area contributed by atoms with Crippen molar-refractivity contribution in [1.82, 2.24) is 0 Å². The maximum Gasteiger partial charge on any atom is 0.417 e. The average molecular weight is 481 g/mol. The Morgan fingerprint density at radius 1 is 1.11 bits per heavy atom. The number of ether oxygens (including phenoxy) is 1. The highest BCUT2D eigenvalue weighted by atomic mass is 19.4. The first kappa shape index (κ1) is 22.4. The van der Waals surface area contributed by atoms with Gasteiger partial charge in [-0.2, -0.15) is 23.5 Å². The number of carbonyl (C=O) groups is 1. The molecule has 0 fully saturated rings. The number of alkyl halides is 3. The van der Waals surface area contributed by atoms with Gasteiger partial charge in [0.2, 0.25) is 0 Å². The second-order valence-corrected chi connectivity index (χ2v) is 8.10. The molecule has 176 valence electrons. The first-order valence-corrected chi connectivity index (χ1v) is 10.4. The van der Waals surface area contributed by atoms with Crippen molar-refractivity contribution in [2.24, 2.45) is 11.0 Å². The largest absolute Gasteiger partial charge is 0.492 e. The average Bonchev–Trinajstić information content (AvgIpc) is 3.23. The van der Waals surface area contributed by atoms with Crippen LogP contribution in [-0.4, -0.2) is 23.4 Å². The van der Waals surface area contributed by atoms with E-state index in [0.29, 0.717) is 22.6 Å². The number of hydrogen-bond donors (Lipinski definition) is 1. The zero-order valence-corrected chi connectivity index (χ0v) is 17.8. The van der Waals surface area contributed by atoms with Crippen molar-refractivity contribution in [1.29, 1.82) is 5.26 Å².